The molecule has 2 heterocycles. The molecule has 3 rings (SSSR count). The summed E-state index contributed by atoms with van der Waals surface area (Å²) in [6.07, 6.45) is 6.75. The first-order chi connectivity index (χ1) is 15.5. The number of rotatable bonds is 5. The molecule has 0 unspecified atom stereocenters. The van der Waals surface area contributed by atoms with Crippen LogP contribution in [-0.2, 0) is 7.59 Å². The van der Waals surface area contributed by atoms with Gasteiger partial charge in [-0.2, -0.15) is 0 Å². The van der Waals surface area contributed by atoms with E-state index in [2.05, 4.69) is 50.2 Å². The molecule has 0 N–H and O–H groups in total. The minimum Gasteiger partial charge on any atom is -0.473 e. The third kappa shape index (κ3) is 8.82. The SMILES string of the molecule is CCN(CC)c1ccc(C=Cc2nc(C(Cl)(Cl)Cl)nc(C(Cl)(Cl)Cl)n2)c(C)c1.c1ccoc1. The Labute approximate surface area is 223 Å². The van der Waals surface area contributed by atoms with Crippen molar-refractivity contribution in [2.24, 2.45) is 0 Å². The van der Waals surface area contributed by atoms with Crippen molar-refractivity contribution >= 4 is 87.4 Å². The van der Waals surface area contributed by atoms with Crippen molar-refractivity contribution in [3.8, 4) is 0 Å². The second-order valence-corrected chi connectivity index (χ2v) is 11.2. The van der Waals surface area contributed by atoms with Gasteiger partial charge in [-0.05, 0) is 62.2 Å². The molecule has 178 valence electrons. The predicted octanol–water partition coefficient (Wildman–Crippen LogP) is 8.13. The summed E-state index contributed by atoms with van der Waals surface area (Å²) < 4.78 is 0.828. The van der Waals surface area contributed by atoms with E-state index in [-0.39, 0.29) is 17.5 Å². The van der Waals surface area contributed by atoms with Crippen LogP contribution in [0.5, 0.6) is 0 Å². The molecule has 0 aliphatic heterocycles. The van der Waals surface area contributed by atoms with E-state index in [1.165, 1.54) is 0 Å². The molecular weight excluding hydrogens is 549 g/mol. The average Bonchev–Trinajstić information content (AvgIpc) is 3.33. The Bertz CT molecular complexity index is 993. The van der Waals surface area contributed by atoms with Crippen LogP contribution in [0.3, 0.4) is 0 Å². The highest BCUT2D eigenvalue weighted by Crippen LogP contribution is 2.40. The van der Waals surface area contributed by atoms with Crippen LogP contribution in [0.4, 0.5) is 5.69 Å². The van der Waals surface area contributed by atoms with Gasteiger partial charge in [0.25, 0.3) is 0 Å². The van der Waals surface area contributed by atoms with Crippen molar-refractivity contribution in [3.63, 3.8) is 0 Å². The fourth-order valence-corrected chi connectivity index (χ4v) is 3.25. The first-order valence-corrected chi connectivity index (χ1v) is 12.1. The molecule has 0 fully saturated rings. The van der Waals surface area contributed by atoms with Gasteiger partial charge in [0, 0.05) is 18.8 Å². The molecule has 3 aromatic rings. The van der Waals surface area contributed by atoms with Gasteiger partial charge in [-0.3, -0.25) is 0 Å². The molecule has 0 saturated carbocycles. The summed E-state index contributed by atoms with van der Waals surface area (Å²) in [7, 11) is 0. The van der Waals surface area contributed by atoms with Crippen LogP contribution >= 0.6 is 69.6 Å². The number of alkyl halides is 6. The van der Waals surface area contributed by atoms with Crippen molar-refractivity contribution in [1.29, 1.82) is 0 Å². The zero-order valence-corrected chi connectivity index (χ0v) is 22.6. The smallest absolute Gasteiger partial charge is 0.250 e. The zero-order valence-electron chi connectivity index (χ0n) is 18.1. The number of furan rings is 1. The summed E-state index contributed by atoms with van der Waals surface area (Å²) in [6.45, 7) is 8.15. The van der Waals surface area contributed by atoms with E-state index < -0.39 is 7.59 Å². The van der Waals surface area contributed by atoms with Gasteiger partial charge in [0.1, 0.15) is 0 Å². The van der Waals surface area contributed by atoms with Crippen LogP contribution in [0.15, 0.2) is 47.3 Å². The van der Waals surface area contributed by atoms with E-state index in [4.69, 9.17) is 69.6 Å². The van der Waals surface area contributed by atoms with Crippen molar-refractivity contribution in [1.82, 2.24) is 15.0 Å². The second-order valence-electron chi connectivity index (χ2n) is 6.68. The monoisotopic (exact) mass is 568 g/mol. The molecule has 5 nitrogen and oxygen atoms in total. The number of hydrogen-bond acceptors (Lipinski definition) is 5. The standard InChI is InChI=1S/C18H18Cl6N4.C4H4O/c1-4-28(5-2)13-8-6-12(11(3)10-13)7-9-14-25-15(17(19,20)21)27-16(26-14)18(22,23)24;1-2-4-5-3-1/h6-10H,4-5H2,1-3H3;1-4H. The maximum atomic E-state index is 5.89. The third-order valence-corrected chi connectivity index (χ3v) is 5.39. The highest BCUT2D eigenvalue weighted by atomic mass is 35.6. The third-order valence-electron chi connectivity index (χ3n) is 4.38. The number of nitrogens with zero attached hydrogens (tertiary/aromatic N) is 4. The molecule has 0 radical (unpaired) electrons. The molecule has 0 aliphatic carbocycles. The molecule has 0 atom stereocenters. The Hall–Kier alpha value is -1.21. The maximum Gasteiger partial charge on any atom is 0.250 e. The van der Waals surface area contributed by atoms with E-state index in [0.717, 1.165) is 29.9 Å². The van der Waals surface area contributed by atoms with Crippen molar-refractivity contribution in [2.45, 2.75) is 28.4 Å². The minimum absolute atomic E-state index is 0.123. The summed E-state index contributed by atoms with van der Waals surface area (Å²) >= 11 is 35.3. The lowest BCUT2D eigenvalue weighted by Crippen LogP contribution is -2.21. The Morgan fingerprint density at radius 2 is 1.39 bits per heavy atom. The molecular formula is C22H22Cl6N4O. The predicted molar refractivity (Wildman–Crippen MR) is 141 cm³/mol. The summed E-state index contributed by atoms with van der Waals surface area (Å²) in [5, 5.41) is 0. The zero-order chi connectivity index (χ0) is 24.6. The van der Waals surface area contributed by atoms with E-state index in [1.54, 1.807) is 18.6 Å². The van der Waals surface area contributed by atoms with Gasteiger partial charge < -0.3 is 9.32 Å². The number of benzene rings is 1. The molecule has 0 amide bonds. The minimum atomic E-state index is -1.88. The first kappa shape index (κ1) is 28.0. The second kappa shape index (κ2) is 12.5. The number of aryl methyl sites for hydroxylation is 1. The van der Waals surface area contributed by atoms with Gasteiger partial charge in [0.15, 0.2) is 17.5 Å². The lowest BCUT2D eigenvalue weighted by molar-refractivity contribution is 0.567. The van der Waals surface area contributed by atoms with Gasteiger partial charge in [0.2, 0.25) is 7.59 Å². The number of hydrogen-bond donors (Lipinski definition) is 0. The van der Waals surface area contributed by atoms with Crippen LogP contribution in [0, 0.1) is 6.92 Å². The highest BCUT2D eigenvalue weighted by molar-refractivity contribution is 6.67. The van der Waals surface area contributed by atoms with Crippen LogP contribution < -0.4 is 4.90 Å². The lowest BCUT2D eigenvalue weighted by atomic mass is 10.1. The number of aromatic nitrogens is 3. The van der Waals surface area contributed by atoms with Gasteiger partial charge in [-0.1, -0.05) is 81.7 Å². The summed E-state index contributed by atoms with van der Waals surface area (Å²) in [5.41, 5.74) is 3.25. The maximum absolute atomic E-state index is 5.89. The summed E-state index contributed by atoms with van der Waals surface area (Å²) in [5.74, 6) is -0.0333. The molecule has 0 bridgehead atoms. The molecule has 1 aromatic carbocycles. The van der Waals surface area contributed by atoms with E-state index in [1.807, 2.05) is 31.2 Å². The molecule has 0 aliphatic rings. The quantitative estimate of drug-likeness (QED) is 0.290. The molecule has 0 saturated heterocycles. The fourth-order valence-electron chi connectivity index (χ4n) is 2.74. The molecule has 2 aromatic heterocycles. The van der Waals surface area contributed by atoms with E-state index in [9.17, 15) is 0 Å². The van der Waals surface area contributed by atoms with Crippen LogP contribution in [0.25, 0.3) is 12.2 Å². The average molecular weight is 571 g/mol. The summed E-state index contributed by atoms with van der Waals surface area (Å²) in [4.78, 5) is 14.5. The topological polar surface area (TPSA) is 55.1 Å². The Kier molecular flexibility index (Phi) is 10.6. The molecule has 33 heavy (non-hydrogen) atoms. The van der Waals surface area contributed by atoms with Gasteiger partial charge in [-0.15, -0.1) is 0 Å². The van der Waals surface area contributed by atoms with E-state index in [0.29, 0.717) is 0 Å². The highest BCUT2D eigenvalue weighted by Gasteiger charge is 2.33. The van der Waals surface area contributed by atoms with Crippen molar-refractivity contribution in [3.05, 3.63) is 71.5 Å². The van der Waals surface area contributed by atoms with Crippen molar-refractivity contribution < 1.29 is 4.42 Å². The summed E-state index contributed by atoms with van der Waals surface area (Å²) in [6, 6.07) is 9.87. The van der Waals surface area contributed by atoms with Crippen molar-refractivity contribution in [2.75, 3.05) is 18.0 Å². The normalized spacial score (nSPS) is 11.9. The van der Waals surface area contributed by atoms with Gasteiger partial charge in [-0.25, -0.2) is 15.0 Å². The Morgan fingerprint density at radius 1 is 0.848 bits per heavy atom. The van der Waals surface area contributed by atoms with Gasteiger partial charge >= 0.3 is 0 Å². The molecule has 11 heteroatoms. The first-order valence-electron chi connectivity index (χ1n) is 9.87. The Balaban J connectivity index is 0.000000678. The molecule has 0 spiro atoms. The van der Waals surface area contributed by atoms with Crippen LogP contribution in [0.1, 0.15) is 42.4 Å². The van der Waals surface area contributed by atoms with Crippen LogP contribution in [-0.4, -0.2) is 28.0 Å². The lowest BCUT2D eigenvalue weighted by Gasteiger charge is -2.21. The largest absolute Gasteiger partial charge is 0.473 e. The fraction of sp³-hybridized carbons (Fsp3) is 0.318. The van der Waals surface area contributed by atoms with E-state index >= 15 is 0 Å². The Morgan fingerprint density at radius 3 is 1.79 bits per heavy atom. The number of halogens is 6. The van der Waals surface area contributed by atoms with Crippen LogP contribution in [0.2, 0.25) is 0 Å². The number of anilines is 1. The van der Waals surface area contributed by atoms with Gasteiger partial charge in [0.05, 0.1) is 12.5 Å².